The quantitative estimate of drug-likeness (QED) is 0.381. The number of benzene rings is 2. The van der Waals surface area contributed by atoms with Crippen molar-refractivity contribution in [2.45, 2.75) is 32.3 Å². The number of carboxylic acid groups (broad SMARTS) is 1. The molecule has 1 fully saturated rings. The average molecular weight is 482 g/mol. The Morgan fingerprint density at radius 2 is 1.69 bits per heavy atom. The lowest BCUT2D eigenvalue weighted by Gasteiger charge is -2.37. The molecular formula is C28H27N5O3. The van der Waals surface area contributed by atoms with Crippen molar-refractivity contribution in [2.75, 3.05) is 13.1 Å². The van der Waals surface area contributed by atoms with Gasteiger partial charge in [-0.1, -0.05) is 42.5 Å². The Hall–Kier alpha value is -4.17. The van der Waals surface area contributed by atoms with Gasteiger partial charge in [-0.05, 0) is 49.9 Å². The minimum atomic E-state index is -1.02. The van der Waals surface area contributed by atoms with Crippen LogP contribution in [0.15, 0.2) is 67.0 Å². The molecule has 1 aliphatic heterocycles. The summed E-state index contributed by atoms with van der Waals surface area (Å²) in [5, 5.41) is 20.4. The van der Waals surface area contributed by atoms with Gasteiger partial charge in [0.05, 0.1) is 28.5 Å². The summed E-state index contributed by atoms with van der Waals surface area (Å²) >= 11 is 0. The number of piperidine rings is 1. The smallest absolute Gasteiger partial charge is 0.407 e. The van der Waals surface area contributed by atoms with Crippen LogP contribution in [-0.2, 0) is 5.60 Å². The van der Waals surface area contributed by atoms with Crippen molar-refractivity contribution in [2.24, 2.45) is 0 Å². The molecule has 0 bridgehead atoms. The summed E-state index contributed by atoms with van der Waals surface area (Å²) in [4.78, 5) is 22.3. The Kier molecular flexibility index (Phi) is 5.08. The average Bonchev–Trinajstić information content (AvgIpc) is 3.46. The molecule has 8 nitrogen and oxygen atoms in total. The van der Waals surface area contributed by atoms with Crippen LogP contribution in [-0.4, -0.2) is 53.2 Å². The topological polar surface area (TPSA) is 95.9 Å². The number of rotatable bonds is 3. The number of hydrogen-bond donors (Lipinski definition) is 2. The maximum Gasteiger partial charge on any atom is 0.407 e. The first-order valence-electron chi connectivity index (χ1n) is 12.1. The highest BCUT2D eigenvalue weighted by molar-refractivity contribution is 5.85. The first-order chi connectivity index (χ1) is 17.4. The lowest BCUT2D eigenvalue weighted by Crippen LogP contribution is -2.44. The van der Waals surface area contributed by atoms with Crippen LogP contribution < -0.4 is 0 Å². The minimum absolute atomic E-state index is 0.322. The fraction of sp³-hybridized carbons (Fsp3) is 0.250. The first-order valence-corrected chi connectivity index (χ1v) is 12.1. The summed E-state index contributed by atoms with van der Waals surface area (Å²) in [6.07, 6.45) is 3.74. The molecule has 2 aromatic carbocycles. The second-order valence-electron chi connectivity index (χ2n) is 9.55. The van der Waals surface area contributed by atoms with Gasteiger partial charge in [0, 0.05) is 30.5 Å². The van der Waals surface area contributed by atoms with Gasteiger partial charge >= 0.3 is 6.09 Å². The van der Waals surface area contributed by atoms with Crippen LogP contribution in [0.2, 0.25) is 0 Å². The monoisotopic (exact) mass is 481 g/mol. The highest BCUT2D eigenvalue weighted by Gasteiger charge is 2.35. The number of fused-ring (bicyclic) bond motifs is 3. The Morgan fingerprint density at radius 1 is 0.972 bits per heavy atom. The summed E-state index contributed by atoms with van der Waals surface area (Å²) in [5.74, 6) is 0.874. The van der Waals surface area contributed by atoms with Crippen molar-refractivity contribution in [1.29, 1.82) is 0 Å². The van der Waals surface area contributed by atoms with Crippen LogP contribution in [0.1, 0.15) is 29.8 Å². The van der Waals surface area contributed by atoms with Crippen LogP contribution in [0.5, 0.6) is 0 Å². The maximum atomic E-state index is 11.2. The molecule has 4 heterocycles. The molecule has 36 heavy (non-hydrogen) atoms. The number of amides is 1. The van der Waals surface area contributed by atoms with Crippen molar-refractivity contribution in [3.8, 4) is 16.9 Å². The van der Waals surface area contributed by atoms with Crippen LogP contribution in [0, 0.1) is 13.8 Å². The predicted molar refractivity (Wildman–Crippen MR) is 137 cm³/mol. The molecule has 3 aromatic heterocycles. The summed E-state index contributed by atoms with van der Waals surface area (Å²) in [6, 6.07) is 18.1. The van der Waals surface area contributed by atoms with Crippen molar-refractivity contribution in [3.05, 3.63) is 83.9 Å². The molecule has 1 amide bonds. The van der Waals surface area contributed by atoms with Crippen molar-refractivity contribution >= 4 is 22.8 Å². The minimum Gasteiger partial charge on any atom is -0.465 e. The number of likely N-dealkylation sites (tertiary alicyclic amines) is 1. The molecule has 1 saturated heterocycles. The molecule has 0 aliphatic carbocycles. The van der Waals surface area contributed by atoms with E-state index in [1.54, 1.807) is 0 Å². The standard InChI is InChI=1S/C28H27N5O3/c1-18-5-3-4-6-22(18)32-14-11-23-26(32)29-17-24-25(30-19(2)33(23)24)20-7-9-21(10-8-20)28(36)12-15-31(16-13-28)27(34)35/h3-11,14,17,36H,12-13,15-16H2,1-2H3,(H,34,35). The number of hydrogen-bond acceptors (Lipinski definition) is 4. The number of para-hydroxylation sites is 1. The molecule has 2 N–H and O–H groups in total. The van der Waals surface area contributed by atoms with E-state index in [-0.39, 0.29) is 0 Å². The van der Waals surface area contributed by atoms with Crippen molar-refractivity contribution in [3.63, 3.8) is 0 Å². The van der Waals surface area contributed by atoms with Gasteiger partial charge < -0.3 is 15.1 Å². The number of imidazole rings is 1. The highest BCUT2D eigenvalue weighted by Crippen LogP contribution is 2.35. The molecule has 1 aliphatic rings. The van der Waals surface area contributed by atoms with E-state index in [1.165, 1.54) is 10.5 Å². The van der Waals surface area contributed by atoms with Gasteiger partial charge in [0.2, 0.25) is 0 Å². The van der Waals surface area contributed by atoms with Crippen molar-refractivity contribution < 1.29 is 15.0 Å². The zero-order chi connectivity index (χ0) is 25.0. The second kappa shape index (κ2) is 8.20. The van der Waals surface area contributed by atoms with Crippen LogP contribution in [0.4, 0.5) is 4.79 Å². The van der Waals surface area contributed by atoms with Crippen molar-refractivity contribution in [1.82, 2.24) is 23.8 Å². The van der Waals surface area contributed by atoms with E-state index in [9.17, 15) is 15.0 Å². The van der Waals surface area contributed by atoms with Gasteiger partial charge in [-0.2, -0.15) is 0 Å². The Bertz CT molecular complexity index is 1610. The number of carbonyl (C=O) groups is 1. The number of aromatic nitrogens is 4. The lowest BCUT2D eigenvalue weighted by atomic mass is 9.84. The summed E-state index contributed by atoms with van der Waals surface area (Å²) in [7, 11) is 0. The van der Waals surface area contributed by atoms with E-state index in [4.69, 9.17) is 9.97 Å². The van der Waals surface area contributed by atoms with Gasteiger partial charge in [-0.3, -0.25) is 8.97 Å². The van der Waals surface area contributed by atoms with Crippen LogP contribution in [0.3, 0.4) is 0 Å². The Morgan fingerprint density at radius 3 is 2.39 bits per heavy atom. The van der Waals surface area contributed by atoms with E-state index in [0.29, 0.717) is 25.9 Å². The third kappa shape index (κ3) is 3.45. The third-order valence-electron chi connectivity index (χ3n) is 7.40. The van der Waals surface area contributed by atoms with E-state index in [2.05, 4.69) is 34.1 Å². The fourth-order valence-corrected chi connectivity index (χ4v) is 5.35. The first kappa shape index (κ1) is 22.3. The third-order valence-corrected chi connectivity index (χ3v) is 7.40. The fourth-order valence-electron chi connectivity index (χ4n) is 5.35. The molecule has 0 unspecified atom stereocenters. The molecule has 6 rings (SSSR count). The van der Waals surface area contributed by atoms with Gasteiger partial charge in [0.15, 0.2) is 5.65 Å². The molecule has 5 aromatic rings. The van der Waals surface area contributed by atoms with Gasteiger partial charge in [0.1, 0.15) is 5.82 Å². The molecule has 8 heteroatoms. The molecule has 0 atom stereocenters. The Labute approximate surface area is 208 Å². The lowest BCUT2D eigenvalue weighted by molar-refractivity contribution is -0.0213. The number of aryl methyl sites for hydroxylation is 2. The molecular weight excluding hydrogens is 454 g/mol. The number of nitrogens with zero attached hydrogens (tertiary/aromatic N) is 5. The van der Waals surface area contributed by atoms with Crippen LogP contribution in [0.25, 0.3) is 33.6 Å². The zero-order valence-electron chi connectivity index (χ0n) is 20.2. The SMILES string of the molecule is Cc1ccccc1-n1ccc2c1ncc1c(-c3ccc(C4(O)CCN(C(=O)O)CC4)cc3)nc(C)n12. The van der Waals surface area contributed by atoms with E-state index in [1.807, 2.05) is 55.7 Å². The predicted octanol–water partition coefficient (Wildman–Crippen LogP) is 4.92. The second-order valence-corrected chi connectivity index (χ2v) is 9.55. The molecule has 0 saturated carbocycles. The molecule has 182 valence electrons. The largest absolute Gasteiger partial charge is 0.465 e. The van der Waals surface area contributed by atoms with Crippen LogP contribution >= 0.6 is 0 Å². The highest BCUT2D eigenvalue weighted by atomic mass is 16.4. The molecule has 0 radical (unpaired) electrons. The van der Waals surface area contributed by atoms with E-state index in [0.717, 1.165) is 45.0 Å². The molecule has 0 spiro atoms. The summed E-state index contributed by atoms with van der Waals surface area (Å²) in [6.45, 7) is 4.73. The number of aliphatic hydroxyl groups is 1. The maximum absolute atomic E-state index is 11.2. The zero-order valence-corrected chi connectivity index (χ0v) is 20.2. The summed E-state index contributed by atoms with van der Waals surface area (Å²) in [5.41, 5.74) is 6.60. The van der Waals surface area contributed by atoms with E-state index >= 15 is 0 Å². The van der Waals surface area contributed by atoms with Gasteiger partial charge in [-0.25, -0.2) is 14.8 Å². The Balaban J connectivity index is 1.37. The van der Waals surface area contributed by atoms with E-state index < -0.39 is 11.7 Å². The van der Waals surface area contributed by atoms with Gasteiger partial charge in [-0.15, -0.1) is 0 Å². The summed E-state index contributed by atoms with van der Waals surface area (Å²) < 4.78 is 4.24. The normalized spacial score (nSPS) is 15.6. The van der Waals surface area contributed by atoms with Gasteiger partial charge in [0.25, 0.3) is 0 Å².